The molecule has 1 heterocycles. The van der Waals surface area contributed by atoms with E-state index in [2.05, 4.69) is 20.8 Å². The van der Waals surface area contributed by atoms with E-state index in [0.717, 1.165) is 11.3 Å². The molecule has 1 saturated heterocycles. The minimum absolute atomic E-state index is 0.0347. The zero-order valence-corrected chi connectivity index (χ0v) is 13.4. The third-order valence-electron chi connectivity index (χ3n) is 3.67. The summed E-state index contributed by atoms with van der Waals surface area (Å²) in [6.45, 7) is 6.84. The Morgan fingerprint density at radius 2 is 1.86 bits per heavy atom. The van der Waals surface area contributed by atoms with Crippen molar-refractivity contribution in [1.29, 1.82) is 0 Å². The number of carbonyl (C=O) groups is 2. The Morgan fingerprint density at radius 3 is 2.38 bits per heavy atom. The van der Waals surface area contributed by atoms with Crippen LogP contribution in [-0.2, 0) is 10.2 Å². The maximum atomic E-state index is 12.5. The molecule has 0 bridgehead atoms. The molecule has 1 unspecified atom stereocenters. The Labute approximate surface area is 129 Å². The van der Waals surface area contributed by atoms with Crippen LogP contribution in [0.4, 0.5) is 0 Å². The highest BCUT2D eigenvalue weighted by atomic mass is 32.2. The molecule has 1 aromatic carbocycles. The van der Waals surface area contributed by atoms with Gasteiger partial charge in [-0.15, -0.1) is 0 Å². The number of aliphatic carboxylic acids is 1. The van der Waals surface area contributed by atoms with E-state index in [4.69, 9.17) is 0 Å². The van der Waals surface area contributed by atoms with Gasteiger partial charge < -0.3 is 10.0 Å². The normalized spacial score (nSPS) is 19.4. The van der Waals surface area contributed by atoms with Crippen LogP contribution in [0.5, 0.6) is 0 Å². The molecule has 0 aliphatic carbocycles. The van der Waals surface area contributed by atoms with Crippen LogP contribution in [0.15, 0.2) is 24.3 Å². The Kier molecular flexibility index (Phi) is 4.61. The van der Waals surface area contributed by atoms with E-state index in [0.29, 0.717) is 17.9 Å². The highest BCUT2D eigenvalue weighted by molar-refractivity contribution is 7.99. The first kappa shape index (κ1) is 15.9. The number of hydrogen-bond donors (Lipinski definition) is 1. The van der Waals surface area contributed by atoms with Crippen LogP contribution in [0.3, 0.4) is 0 Å². The summed E-state index contributed by atoms with van der Waals surface area (Å²) in [6, 6.07) is 6.76. The van der Waals surface area contributed by atoms with E-state index >= 15 is 0 Å². The number of rotatable bonds is 2. The monoisotopic (exact) mass is 307 g/mol. The van der Waals surface area contributed by atoms with E-state index < -0.39 is 12.0 Å². The summed E-state index contributed by atoms with van der Waals surface area (Å²) >= 11 is 1.58. The SMILES string of the molecule is CC(C)(C)c1ccc(C(=O)N2CCSCC2C(=O)O)cc1. The van der Waals surface area contributed by atoms with Gasteiger partial charge in [-0.05, 0) is 23.1 Å². The van der Waals surface area contributed by atoms with Crippen molar-refractivity contribution in [2.24, 2.45) is 0 Å². The quantitative estimate of drug-likeness (QED) is 0.912. The van der Waals surface area contributed by atoms with Crippen LogP contribution >= 0.6 is 11.8 Å². The zero-order valence-electron chi connectivity index (χ0n) is 12.6. The number of amides is 1. The van der Waals surface area contributed by atoms with Crippen molar-refractivity contribution < 1.29 is 14.7 Å². The van der Waals surface area contributed by atoms with Gasteiger partial charge in [0.15, 0.2) is 0 Å². The van der Waals surface area contributed by atoms with Gasteiger partial charge in [0.2, 0.25) is 0 Å². The molecule has 5 heteroatoms. The van der Waals surface area contributed by atoms with Gasteiger partial charge in [0.25, 0.3) is 5.91 Å². The lowest BCUT2D eigenvalue weighted by molar-refractivity contribution is -0.141. The van der Waals surface area contributed by atoms with E-state index in [1.54, 1.807) is 23.9 Å². The summed E-state index contributed by atoms with van der Waals surface area (Å²) in [4.78, 5) is 25.3. The molecule has 21 heavy (non-hydrogen) atoms. The lowest BCUT2D eigenvalue weighted by Gasteiger charge is -2.32. The van der Waals surface area contributed by atoms with E-state index in [-0.39, 0.29) is 11.3 Å². The van der Waals surface area contributed by atoms with Gasteiger partial charge in [-0.1, -0.05) is 32.9 Å². The molecule has 1 aromatic rings. The fourth-order valence-electron chi connectivity index (χ4n) is 2.33. The van der Waals surface area contributed by atoms with E-state index in [9.17, 15) is 14.7 Å². The van der Waals surface area contributed by atoms with Crippen LogP contribution in [0.2, 0.25) is 0 Å². The second-order valence-corrected chi connectivity index (χ2v) is 7.40. The molecule has 0 aromatic heterocycles. The molecule has 1 fully saturated rings. The first-order valence-electron chi connectivity index (χ1n) is 7.03. The van der Waals surface area contributed by atoms with Crippen molar-refractivity contribution in [3.05, 3.63) is 35.4 Å². The van der Waals surface area contributed by atoms with Crippen LogP contribution in [0, 0.1) is 0 Å². The van der Waals surface area contributed by atoms with Gasteiger partial charge in [-0.25, -0.2) is 4.79 Å². The molecule has 1 atom stereocenters. The molecule has 1 amide bonds. The smallest absolute Gasteiger partial charge is 0.327 e. The van der Waals surface area contributed by atoms with Crippen LogP contribution in [0.1, 0.15) is 36.7 Å². The minimum atomic E-state index is -0.929. The number of hydrogen-bond acceptors (Lipinski definition) is 3. The Bertz CT molecular complexity index is 533. The topological polar surface area (TPSA) is 57.6 Å². The molecule has 1 aliphatic heterocycles. The number of benzene rings is 1. The third kappa shape index (κ3) is 3.59. The Balaban J connectivity index is 2.20. The molecule has 1 N–H and O–H groups in total. The number of carboxylic acid groups (broad SMARTS) is 1. The lowest BCUT2D eigenvalue weighted by Crippen LogP contribution is -2.50. The minimum Gasteiger partial charge on any atom is -0.480 e. The molecule has 4 nitrogen and oxygen atoms in total. The number of thioether (sulfide) groups is 1. The summed E-state index contributed by atoms with van der Waals surface area (Å²) in [6.07, 6.45) is 0. The number of nitrogens with zero attached hydrogens (tertiary/aromatic N) is 1. The average molecular weight is 307 g/mol. The number of carbonyl (C=O) groups excluding carboxylic acids is 1. The van der Waals surface area contributed by atoms with E-state index in [1.807, 2.05) is 12.1 Å². The maximum Gasteiger partial charge on any atom is 0.327 e. The van der Waals surface area contributed by atoms with Crippen molar-refractivity contribution in [3.63, 3.8) is 0 Å². The third-order valence-corrected chi connectivity index (χ3v) is 4.69. The summed E-state index contributed by atoms with van der Waals surface area (Å²) in [5.41, 5.74) is 1.75. The summed E-state index contributed by atoms with van der Waals surface area (Å²) in [7, 11) is 0. The summed E-state index contributed by atoms with van der Waals surface area (Å²) < 4.78 is 0. The predicted molar refractivity (Wildman–Crippen MR) is 84.9 cm³/mol. The van der Waals surface area contributed by atoms with E-state index in [1.165, 1.54) is 4.90 Å². The summed E-state index contributed by atoms with van der Waals surface area (Å²) in [5, 5.41) is 9.25. The second-order valence-electron chi connectivity index (χ2n) is 6.25. The Hall–Kier alpha value is -1.49. The van der Waals surface area contributed by atoms with Crippen LogP contribution < -0.4 is 0 Å². The highest BCUT2D eigenvalue weighted by Crippen LogP contribution is 2.24. The first-order valence-corrected chi connectivity index (χ1v) is 8.18. The Morgan fingerprint density at radius 1 is 1.24 bits per heavy atom. The maximum absolute atomic E-state index is 12.5. The zero-order chi connectivity index (χ0) is 15.6. The van der Waals surface area contributed by atoms with Crippen molar-refractivity contribution in [2.45, 2.75) is 32.2 Å². The van der Waals surface area contributed by atoms with Crippen molar-refractivity contribution in [3.8, 4) is 0 Å². The van der Waals surface area contributed by atoms with Crippen molar-refractivity contribution in [1.82, 2.24) is 4.90 Å². The standard InChI is InChI=1S/C16H21NO3S/c1-16(2,3)12-6-4-11(5-7-12)14(18)17-8-9-21-10-13(17)15(19)20/h4-7,13H,8-10H2,1-3H3,(H,19,20). The molecule has 114 valence electrons. The van der Waals surface area contributed by atoms with Gasteiger partial charge in [0.05, 0.1) is 0 Å². The molecule has 0 saturated carbocycles. The average Bonchev–Trinajstić information content (AvgIpc) is 2.45. The predicted octanol–water partition coefficient (Wildman–Crippen LogP) is 2.63. The van der Waals surface area contributed by atoms with Crippen molar-refractivity contribution in [2.75, 3.05) is 18.1 Å². The first-order chi connectivity index (χ1) is 9.80. The molecule has 0 spiro atoms. The molecule has 1 aliphatic rings. The molecular weight excluding hydrogens is 286 g/mol. The number of carboxylic acids is 1. The largest absolute Gasteiger partial charge is 0.480 e. The van der Waals surface area contributed by atoms with Gasteiger partial charge in [-0.3, -0.25) is 4.79 Å². The molecular formula is C16H21NO3S. The highest BCUT2D eigenvalue weighted by Gasteiger charge is 2.32. The lowest BCUT2D eigenvalue weighted by atomic mass is 9.86. The fourth-order valence-corrected chi connectivity index (χ4v) is 3.37. The van der Waals surface area contributed by atoms with Gasteiger partial charge in [0, 0.05) is 23.6 Å². The van der Waals surface area contributed by atoms with Crippen LogP contribution in [0.25, 0.3) is 0 Å². The molecule has 0 radical (unpaired) electrons. The van der Waals surface area contributed by atoms with Gasteiger partial charge in [0.1, 0.15) is 6.04 Å². The van der Waals surface area contributed by atoms with Crippen LogP contribution in [-0.4, -0.2) is 46.0 Å². The van der Waals surface area contributed by atoms with Crippen molar-refractivity contribution >= 4 is 23.6 Å². The second kappa shape index (κ2) is 6.10. The fraction of sp³-hybridized carbons (Fsp3) is 0.500. The summed E-state index contributed by atoms with van der Waals surface area (Å²) in [5.74, 6) is 0.126. The van der Waals surface area contributed by atoms with Gasteiger partial charge in [-0.2, -0.15) is 11.8 Å². The molecule has 2 rings (SSSR count). The van der Waals surface area contributed by atoms with Gasteiger partial charge >= 0.3 is 5.97 Å².